The predicted molar refractivity (Wildman–Crippen MR) is 57.4 cm³/mol. The van der Waals surface area contributed by atoms with Crippen LogP contribution in [0.15, 0.2) is 12.1 Å². The monoisotopic (exact) mass is 340 g/mol. The Kier molecular flexibility index (Phi) is 4.15. The van der Waals surface area contributed by atoms with Gasteiger partial charge in [-0.05, 0) is 37.1 Å². The molecule has 0 amide bonds. The number of hydrogen-bond acceptors (Lipinski definition) is 1. The Labute approximate surface area is 118 Å². The van der Waals surface area contributed by atoms with Crippen LogP contribution in [0.2, 0.25) is 0 Å². The number of phenols is 1. The van der Waals surface area contributed by atoms with E-state index in [1.54, 1.807) is 0 Å². The molecule has 0 aliphatic carbocycles. The standard InChI is InChI=1S/C12H9F9O/c1-5-3-7(4-6(2)8(5)22)9(13,14)10(15,16)11(17,18)12(19,20)21/h3-4,22H,1-2H3. The molecule has 0 heterocycles. The summed E-state index contributed by atoms with van der Waals surface area (Å²) in [7, 11) is 0. The topological polar surface area (TPSA) is 20.2 Å². The Balaban J connectivity index is 3.52. The number of rotatable bonds is 3. The molecule has 1 aromatic rings. The van der Waals surface area contributed by atoms with Crippen molar-refractivity contribution >= 4 is 0 Å². The van der Waals surface area contributed by atoms with Crippen LogP contribution in [0.3, 0.4) is 0 Å². The van der Waals surface area contributed by atoms with Crippen LogP contribution in [0.5, 0.6) is 5.75 Å². The van der Waals surface area contributed by atoms with Gasteiger partial charge in [-0.15, -0.1) is 0 Å². The third kappa shape index (κ3) is 2.48. The van der Waals surface area contributed by atoms with E-state index in [0.717, 1.165) is 13.8 Å². The van der Waals surface area contributed by atoms with Crippen LogP contribution in [-0.2, 0) is 5.92 Å². The van der Waals surface area contributed by atoms with Crippen LogP contribution >= 0.6 is 0 Å². The molecular formula is C12H9F9O. The van der Waals surface area contributed by atoms with Gasteiger partial charge in [0.2, 0.25) is 0 Å². The Hall–Kier alpha value is -1.61. The molecular weight excluding hydrogens is 331 g/mol. The molecule has 126 valence electrons. The van der Waals surface area contributed by atoms with Crippen molar-refractivity contribution in [3.63, 3.8) is 0 Å². The minimum atomic E-state index is -6.94. The summed E-state index contributed by atoms with van der Waals surface area (Å²) in [5.74, 6) is -20.0. The molecule has 10 heteroatoms. The maximum atomic E-state index is 13.6. The Bertz CT molecular complexity index is 551. The van der Waals surface area contributed by atoms with Gasteiger partial charge in [-0.25, -0.2) is 0 Å². The van der Waals surface area contributed by atoms with Crippen molar-refractivity contribution in [1.29, 1.82) is 0 Å². The second kappa shape index (κ2) is 4.95. The summed E-state index contributed by atoms with van der Waals surface area (Å²) in [5, 5.41) is 9.33. The first-order valence-electron chi connectivity index (χ1n) is 5.58. The number of hydrogen-bond donors (Lipinski definition) is 1. The molecule has 0 atom stereocenters. The molecule has 0 spiro atoms. The van der Waals surface area contributed by atoms with E-state index in [1.807, 2.05) is 0 Å². The van der Waals surface area contributed by atoms with E-state index < -0.39 is 35.3 Å². The van der Waals surface area contributed by atoms with Crippen LogP contribution in [-0.4, -0.2) is 23.1 Å². The largest absolute Gasteiger partial charge is 0.507 e. The summed E-state index contributed by atoms with van der Waals surface area (Å²) in [5.41, 5.74) is -2.50. The van der Waals surface area contributed by atoms with Gasteiger partial charge in [-0.1, -0.05) is 0 Å². The molecule has 0 aromatic heterocycles. The lowest BCUT2D eigenvalue weighted by molar-refractivity contribution is -0.399. The van der Waals surface area contributed by atoms with Crippen molar-refractivity contribution in [2.75, 3.05) is 0 Å². The summed E-state index contributed by atoms with van der Waals surface area (Å²) in [4.78, 5) is 0. The minimum Gasteiger partial charge on any atom is -0.507 e. The fourth-order valence-electron chi connectivity index (χ4n) is 1.69. The van der Waals surface area contributed by atoms with Crippen LogP contribution in [0, 0.1) is 13.8 Å². The highest BCUT2D eigenvalue weighted by Gasteiger charge is 2.82. The summed E-state index contributed by atoms with van der Waals surface area (Å²) < 4.78 is 115. The average molecular weight is 340 g/mol. The van der Waals surface area contributed by atoms with Crippen molar-refractivity contribution in [3.8, 4) is 5.75 Å². The molecule has 22 heavy (non-hydrogen) atoms. The van der Waals surface area contributed by atoms with Crippen LogP contribution in [0.25, 0.3) is 0 Å². The molecule has 0 saturated heterocycles. The molecule has 1 aromatic carbocycles. The summed E-state index contributed by atoms with van der Waals surface area (Å²) in [6, 6.07) is 0.450. The fourth-order valence-corrected chi connectivity index (χ4v) is 1.69. The van der Waals surface area contributed by atoms with Gasteiger partial charge in [0.05, 0.1) is 0 Å². The summed E-state index contributed by atoms with van der Waals surface area (Å²) >= 11 is 0. The lowest BCUT2D eigenvalue weighted by atomic mass is 9.94. The first-order chi connectivity index (χ1) is 9.57. The minimum absolute atomic E-state index is 0.225. The average Bonchev–Trinajstić information content (AvgIpc) is 2.33. The molecule has 0 fully saturated rings. The molecule has 0 aliphatic rings. The molecule has 0 bridgehead atoms. The molecule has 0 aliphatic heterocycles. The van der Waals surface area contributed by atoms with Crippen molar-refractivity contribution in [1.82, 2.24) is 0 Å². The highest BCUT2D eigenvalue weighted by molar-refractivity contribution is 5.44. The quantitative estimate of drug-likeness (QED) is 0.774. The lowest BCUT2D eigenvalue weighted by Gasteiger charge is -2.34. The Morgan fingerprint density at radius 3 is 1.41 bits per heavy atom. The Morgan fingerprint density at radius 1 is 0.727 bits per heavy atom. The van der Waals surface area contributed by atoms with E-state index in [0.29, 0.717) is 0 Å². The maximum absolute atomic E-state index is 13.6. The van der Waals surface area contributed by atoms with E-state index in [4.69, 9.17) is 0 Å². The molecule has 0 unspecified atom stereocenters. The number of benzene rings is 1. The van der Waals surface area contributed by atoms with Gasteiger partial charge in [0.15, 0.2) is 0 Å². The number of halogens is 9. The third-order valence-electron chi connectivity index (χ3n) is 3.00. The van der Waals surface area contributed by atoms with Gasteiger partial charge in [-0.2, -0.15) is 39.5 Å². The van der Waals surface area contributed by atoms with Gasteiger partial charge in [0, 0.05) is 5.56 Å². The van der Waals surface area contributed by atoms with E-state index in [1.165, 1.54) is 0 Å². The third-order valence-corrected chi connectivity index (χ3v) is 3.00. The van der Waals surface area contributed by atoms with Gasteiger partial charge in [0.1, 0.15) is 5.75 Å². The van der Waals surface area contributed by atoms with Gasteiger partial charge in [0.25, 0.3) is 0 Å². The first kappa shape index (κ1) is 18.4. The number of aromatic hydroxyl groups is 1. The second-order valence-electron chi connectivity index (χ2n) is 4.68. The second-order valence-corrected chi connectivity index (χ2v) is 4.68. The Morgan fingerprint density at radius 2 is 1.09 bits per heavy atom. The van der Waals surface area contributed by atoms with E-state index >= 15 is 0 Å². The van der Waals surface area contributed by atoms with Gasteiger partial charge in [-0.3, -0.25) is 0 Å². The molecule has 1 N–H and O–H groups in total. The number of aryl methyl sites for hydroxylation is 2. The number of phenolic OH excluding ortho intramolecular Hbond substituents is 1. The van der Waals surface area contributed by atoms with Crippen LogP contribution in [0.1, 0.15) is 16.7 Å². The van der Waals surface area contributed by atoms with E-state index in [-0.39, 0.29) is 23.3 Å². The van der Waals surface area contributed by atoms with E-state index in [2.05, 4.69) is 0 Å². The van der Waals surface area contributed by atoms with Crippen LogP contribution in [0.4, 0.5) is 39.5 Å². The van der Waals surface area contributed by atoms with E-state index in [9.17, 15) is 44.6 Å². The van der Waals surface area contributed by atoms with Crippen molar-refractivity contribution < 1.29 is 44.6 Å². The summed E-state index contributed by atoms with van der Waals surface area (Å²) in [6.07, 6.45) is -6.86. The van der Waals surface area contributed by atoms with Crippen molar-refractivity contribution in [2.45, 2.75) is 37.8 Å². The number of alkyl halides is 9. The zero-order valence-electron chi connectivity index (χ0n) is 11.0. The normalized spacial score (nSPS) is 14.3. The predicted octanol–water partition coefficient (Wildman–Crippen LogP) is 4.93. The maximum Gasteiger partial charge on any atom is 0.460 e. The highest BCUT2D eigenvalue weighted by atomic mass is 19.4. The zero-order chi connectivity index (χ0) is 17.7. The smallest absolute Gasteiger partial charge is 0.460 e. The van der Waals surface area contributed by atoms with Crippen molar-refractivity contribution in [2.24, 2.45) is 0 Å². The lowest BCUT2D eigenvalue weighted by Crippen LogP contribution is -2.59. The molecule has 0 radical (unpaired) electrons. The zero-order valence-corrected chi connectivity index (χ0v) is 11.0. The molecule has 1 nitrogen and oxygen atoms in total. The SMILES string of the molecule is Cc1cc(C(F)(F)C(F)(F)C(F)(F)C(F)(F)F)cc(C)c1O. The van der Waals surface area contributed by atoms with Gasteiger partial charge >= 0.3 is 23.9 Å². The highest BCUT2D eigenvalue weighted by Crippen LogP contribution is 2.56. The molecule has 1 rings (SSSR count). The van der Waals surface area contributed by atoms with Crippen LogP contribution < -0.4 is 0 Å². The van der Waals surface area contributed by atoms with Gasteiger partial charge < -0.3 is 5.11 Å². The van der Waals surface area contributed by atoms with Crippen molar-refractivity contribution in [3.05, 3.63) is 28.8 Å². The fraction of sp³-hybridized carbons (Fsp3) is 0.500. The molecule has 0 saturated carbocycles. The first-order valence-corrected chi connectivity index (χ1v) is 5.58. The summed E-state index contributed by atoms with van der Waals surface area (Å²) in [6.45, 7) is 2.00.